The van der Waals surface area contributed by atoms with Gasteiger partial charge in [0.15, 0.2) is 0 Å². The van der Waals surface area contributed by atoms with Gasteiger partial charge < -0.3 is 10.6 Å². The first-order chi connectivity index (χ1) is 7.84. The molecule has 1 atom stereocenters. The van der Waals surface area contributed by atoms with Gasteiger partial charge in [-0.15, -0.1) is 11.3 Å². The molecule has 3 nitrogen and oxygen atoms in total. The number of hydrogen-bond donors (Lipinski definition) is 2. The summed E-state index contributed by atoms with van der Waals surface area (Å²) in [5, 5.41) is 8.33. The monoisotopic (exact) mass is 238 g/mol. The van der Waals surface area contributed by atoms with Crippen LogP contribution in [-0.4, -0.2) is 25.5 Å². The van der Waals surface area contributed by atoms with Crippen LogP contribution in [-0.2, 0) is 11.2 Å². The largest absolute Gasteiger partial charge is 0.356 e. The summed E-state index contributed by atoms with van der Waals surface area (Å²) >= 11 is 1.64. The molecule has 2 rings (SSSR count). The third-order valence-electron chi connectivity index (χ3n) is 2.95. The second-order valence-electron chi connectivity index (χ2n) is 4.25. The lowest BCUT2D eigenvalue weighted by Crippen LogP contribution is -2.27. The molecule has 2 heterocycles. The number of nitrogens with one attached hydrogen (secondary N) is 2. The predicted octanol–water partition coefficient (Wildman–Crippen LogP) is 1.41. The fraction of sp³-hybridized carbons (Fsp3) is 0.583. The van der Waals surface area contributed by atoms with E-state index in [9.17, 15) is 4.79 Å². The molecule has 1 saturated heterocycles. The van der Waals surface area contributed by atoms with Crippen LogP contribution in [0.1, 0.15) is 17.7 Å². The summed E-state index contributed by atoms with van der Waals surface area (Å²) < 4.78 is 0. The third-order valence-corrected chi connectivity index (χ3v) is 3.83. The molecular formula is C12H18N2OS. The Balaban J connectivity index is 1.60. The van der Waals surface area contributed by atoms with Crippen LogP contribution in [0.2, 0.25) is 0 Å². The molecule has 0 radical (unpaired) electrons. The molecule has 0 aromatic carbocycles. The summed E-state index contributed by atoms with van der Waals surface area (Å²) in [7, 11) is 0. The van der Waals surface area contributed by atoms with Crippen LogP contribution < -0.4 is 10.6 Å². The van der Waals surface area contributed by atoms with Crippen LogP contribution in [0.4, 0.5) is 0 Å². The van der Waals surface area contributed by atoms with Crippen molar-refractivity contribution in [1.29, 1.82) is 0 Å². The summed E-state index contributed by atoms with van der Waals surface area (Å²) in [6, 6.07) is 3.99. The molecule has 0 aliphatic carbocycles. The van der Waals surface area contributed by atoms with Gasteiger partial charge in [0.1, 0.15) is 0 Å². The lowest BCUT2D eigenvalue weighted by Gasteiger charge is -2.08. The lowest BCUT2D eigenvalue weighted by molar-refractivity contribution is -0.120. The number of carbonyl (C=O) groups excluding carboxylic acids is 1. The zero-order valence-corrected chi connectivity index (χ0v) is 10.2. The van der Waals surface area contributed by atoms with Crippen molar-refractivity contribution in [1.82, 2.24) is 10.6 Å². The molecule has 1 unspecified atom stereocenters. The molecule has 1 aromatic heterocycles. The molecule has 1 fully saturated rings. The predicted molar refractivity (Wildman–Crippen MR) is 66.6 cm³/mol. The second kappa shape index (κ2) is 6.01. The van der Waals surface area contributed by atoms with E-state index in [2.05, 4.69) is 10.6 Å². The molecule has 4 heteroatoms. The topological polar surface area (TPSA) is 41.1 Å². The molecule has 0 saturated carbocycles. The fourth-order valence-electron chi connectivity index (χ4n) is 2.01. The van der Waals surface area contributed by atoms with Crippen molar-refractivity contribution in [3.8, 4) is 0 Å². The molecule has 1 aliphatic heterocycles. The number of hydrogen-bond acceptors (Lipinski definition) is 3. The van der Waals surface area contributed by atoms with E-state index in [0.29, 0.717) is 6.42 Å². The minimum atomic E-state index is 0.147. The van der Waals surface area contributed by atoms with Gasteiger partial charge in [-0.2, -0.15) is 0 Å². The molecule has 1 amide bonds. The van der Waals surface area contributed by atoms with Gasteiger partial charge in [0.05, 0.1) is 6.42 Å². The van der Waals surface area contributed by atoms with E-state index >= 15 is 0 Å². The molecule has 1 aliphatic rings. The van der Waals surface area contributed by atoms with Gasteiger partial charge >= 0.3 is 0 Å². The Labute approximate surface area is 100 Å². The highest BCUT2D eigenvalue weighted by molar-refractivity contribution is 7.10. The highest BCUT2D eigenvalue weighted by Gasteiger charge is 2.14. The van der Waals surface area contributed by atoms with Crippen molar-refractivity contribution < 1.29 is 4.79 Å². The van der Waals surface area contributed by atoms with Crippen molar-refractivity contribution in [2.45, 2.75) is 19.3 Å². The van der Waals surface area contributed by atoms with E-state index < -0.39 is 0 Å². The molecule has 0 bridgehead atoms. The highest BCUT2D eigenvalue weighted by Crippen LogP contribution is 2.11. The van der Waals surface area contributed by atoms with Crippen molar-refractivity contribution in [2.24, 2.45) is 5.92 Å². The number of carbonyl (C=O) groups is 1. The van der Waals surface area contributed by atoms with Crippen LogP contribution in [0.3, 0.4) is 0 Å². The van der Waals surface area contributed by atoms with E-state index in [1.165, 1.54) is 6.42 Å². The number of thiophene rings is 1. The van der Waals surface area contributed by atoms with E-state index in [4.69, 9.17) is 0 Å². The first-order valence-corrected chi connectivity index (χ1v) is 6.72. The van der Waals surface area contributed by atoms with Crippen molar-refractivity contribution in [3.05, 3.63) is 22.4 Å². The number of amides is 1. The van der Waals surface area contributed by atoms with Crippen LogP contribution in [0.25, 0.3) is 0 Å². The van der Waals surface area contributed by atoms with Gasteiger partial charge in [0.25, 0.3) is 0 Å². The molecule has 0 spiro atoms. The van der Waals surface area contributed by atoms with Crippen molar-refractivity contribution in [3.63, 3.8) is 0 Å². The Morgan fingerprint density at radius 1 is 1.62 bits per heavy atom. The SMILES string of the molecule is O=C(Cc1cccs1)NCCC1CCNC1. The average Bonchev–Trinajstić information content (AvgIpc) is 2.90. The first-order valence-electron chi connectivity index (χ1n) is 5.84. The van der Waals surface area contributed by atoms with E-state index in [1.807, 2.05) is 17.5 Å². The summed E-state index contributed by atoms with van der Waals surface area (Å²) in [5.41, 5.74) is 0. The molecule has 16 heavy (non-hydrogen) atoms. The van der Waals surface area contributed by atoms with Gasteiger partial charge in [0, 0.05) is 11.4 Å². The van der Waals surface area contributed by atoms with Gasteiger partial charge in [-0.25, -0.2) is 0 Å². The maximum Gasteiger partial charge on any atom is 0.225 e. The minimum Gasteiger partial charge on any atom is -0.356 e. The Bertz CT molecular complexity index is 318. The number of rotatable bonds is 5. The van der Waals surface area contributed by atoms with Gasteiger partial charge in [-0.1, -0.05) is 6.07 Å². The molecular weight excluding hydrogens is 220 g/mol. The van der Waals surface area contributed by atoms with Crippen LogP contribution in [0, 0.1) is 5.92 Å². The Kier molecular flexibility index (Phi) is 4.36. The fourth-order valence-corrected chi connectivity index (χ4v) is 2.71. The van der Waals surface area contributed by atoms with E-state index in [-0.39, 0.29) is 5.91 Å². The van der Waals surface area contributed by atoms with Crippen molar-refractivity contribution >= 4 is 17.2 Å². The summed E-state index contributed by atoms with van der Waals surface area (Å²) in [6.07, 6.45) is 2.88. The van der Waals surface area contributed by atoms with Crippen LogP contribution in [0.15, 0.2) is 17.5 Å². The maximum atomic E-state index is 11.6. The standard InChI is InChI=1S/C12H18N2OS/c15-12(8-11-2-1-7-16-11)14-6-4-10-3-5-13-9-10/h1-2,7,10,13H,3-6,8-9H2,(H,14,15). The first kappa shape index (κ1) is 11.6. The van der Waals surface area contributed by atoms with Crippen LogP contribution >= 0.6 is 11.3 Å². The lowest BCUT2D eigenvalue weighted by atomic mass is 10.1. The minimum absolute atomic E-state index is 0.147. The normalized spacial score (nSPS) is 19.9. The molecule has 1 aromatic rings. The highest BCUT2D eigenvalue weighted by atomic mass is 32.1. The average molecular weight is 238 g/mol. The zero-order valence-electron chi connectivity index (χ0n) is 9.37. The Morgan fingerprint density at radius 3 is 3.25 bits per heavy atom. The third kappa shape index (κ3) is 3.61. The maximum absolute atomic E-state index is 11.6. The summed E-state index contributed by atoms with van der Waals surface area (Å²) in [6.45, 7) is 3.06. The quantitative estimate of drug-likeness (QED) is 0.814. The second-order valence-corrected chi connectivity index (χ2v) is 5.29. The summed E-state index contributed by atoms with van der Waals surface area (Å²) in [4.78, 5) is 12.7. The van der Waals surface area contributed by atoms with E-state index in [0.717, 1.165) is 36.9 Å². The van der Waals surface area contributed by atoms with Gasteiger partial charge in [-0.05, 0) is 43.3 Å². The summed E-state index contributed by atoms with van der Waals surface area (Å²) in [5.74, 6) is 0.899. The van der Waals surface area contributed by atoms with Gasteiger partial charge in [0.2, 0.25) is 5.91 Å². The molecule has 88 valence electrons. The smallest absolute Gasteiger partial charge is 0.225 e. The van der Waals surface area contributed by atoms with Crippen molar-refractivity contribution in [2.75, 3.05) is 19.6 Å². The Morgan fingerprint density at radius 2 is 2.56 bits per heavy atom. The molecule has 2 N–H and O–H groups in total. The Hall–Kier alpha value is -0.870. The van der Waals surface area contributed by atoms with Crippen LogP contribution in [0.5, 0.6) is 0 Å². The zero-order chi connectivity index (χ0) is 11.2. The van der Waals surface area contributed by atoms with Gasteiger partial charge in [-0.3, -0.25) is 4.79 Å². The van der Waals surface area contributed by atoms with E-state index in [1.54, 1.807) is 11.3 Å².